The quantitative estimate of drug-likeness (QED) is 0.817. The zero-order valence-electron chi connectivity index (χ0n) is 14.0. The Morgan fingerprint density at radius 2 is 2.22 bits per heavy atom. The second-order valence-corrected chi connectivity index (χ2v) is 8.42. The zero-order chi connectivity index (χ0) is 17.4. The van der Waals surface area contributed by atoms with Gasteiger partial charge >= 0.3 is 0 Å². The summed E-state index contributed by atoms with van der Waals surface area (Å²) in [6, 6.07) is 1.37. The molecule has 8 heteroatoms. The first-order valence-electron chi connectivity index (χ1n) is 7.66. The number of aryl methyl sites for hydroxylation is 1. The third-order valence-corrected chi connectivity index (χ3v) is 6.82. The van der Waals surface area contributed by atoms with Crippen LogP contribution in [0.25, 0.3) is 0 Å². The standard InChI is InChI=1S/C15H25N3O4S/c1-11-5-6-15(8-11,10-19)18(4)23(21,22)12-7-13(14(20)16-2)17(3)9-12/h7,9,11,19H,5-6,8,10H2,1-4H3,(H,16,20). The van der Waals surface area contributed by atoms with Crippen molar-refractivity contribution in [2.45, 2.75) is 36.6 Å². The van der Waals surface area contributed by atoms with E-state index in [2.05, 4.69) is 12.2 Å². The van der Waals surface area contributed by atoms with E-state index in [9.17, 15) is 18.3 Å². The molecule has 23 heavy (non-hydrogen) atoms. The molecular formula is C15H25N3O4S. The molecule has 1 heterocycles. The van der Waals surface area contributed by atoms with Crippen molar-refractivity contribution < 1.29 is 18.3 Å². The van der Waals surface area contributed by atoms with Crippen molar-refractivity contribution in [2.75, 3.05) is 20.7 Å². The average molecular weight is 343 g/mol. The summed E-state index contributed by atoms with van der Waals surface area (Å²) in [4.78, 5) is 11.8. The molecule has 7 nitrogen and oxygen atoms in total. The number of sulfonamides is 1. The van der Waals surface area contributed by atoms with E-state index in [1.54, 1.807) is 7.05 Å². The molecule has 1 aromatic rings. The number of nitrogens with zero attached hydrogens (tertiary/aromatic N) is 2. The van der Waals surface area contributed by atoms with E-state index in [1.807, 2.05) is 0 Å². The lowest BCUT2D eigenvalue weighted by molar-refractivity contribution is 0.0955. The number of aliphatic hydroxyl groups excluding tert-OH is 1. The Morgan fingerprint density at radius 3 is 2.70 bits per heavy atom. The van der Waals surface area contributed by atoms with Crippen molar-refractivity contribution in [3.63, 3.8) is 0 Å². The Balaban J connectivity index is 2.40. The van der Waals surface area contributed by atoms with Crippen molar-refractivity contribution in [1.29, 1.82) is 0 Å². The van der Waals surface area contributed by atoms with Gasteiger partial charge in [0.2, 0.25) is 10.0 Å². The topological polar surface area (TPSA) is 91.6 Å². The Bertz CT molecular complexity index is 698. The first-order chi connectivity index (χ1) is 10.7. The van der Waals surface area contributed by atoms with Crippen LogP contribution in [-0.2, 0) is 17.1 Å². The maximum Gasteiger partial charge on any atom is 0.267 e. The SMILES string of the molecule is CNC(=O)c1cc(S(=O)(=O)N(C)C2(CO)CCC(C)C2)cn1C. The molecule has 0 bridgehead atoms. The third-order valence-electron chi connectivity index (χ3n) is 4.89. The second kappa shape index (κ2) is 6.26. The molecule has 0 radical (unpaired) electrons. The molecule has 1 saturated carbocycles. The van der Waals surface area contributed by atoms with E-state index in [0.717, 1.165) is 6.42 Å². The summed E-state index contributed by atoms with van der Waals surface area (Å²) in [6.45, 7) is 1.85. The summed E-state index contributed by atoms with van der Waals surface area (Å²) in [5, 5.41) is 12.3. The number of nitrogens with one attached hydrogen (secondary N) is 1. The fraction of sp³-hybridized carbons (Fsp3) is 0.667. The number of aliphatic hydroxyl groups is 1. The van der Waals surface area contributed by atoms with Crippen LogP contribution in [0.4, 0.5) is 0 Å². The van der Waals surface area contributed by atoms with Gasteiger partial charge in [-0.15, -0.1) is 0 Å². The highest BCUT2D eigenvalue weighted by Crippen LogP contribution is 2.40. The fourth-order valence-corrected chi connectivity index (χ4v) is 4.94. The zero-order valence-corrected chi connectivity index (χ0v) is 14.9. The molecule has 1 fully saturated rings. The third kappa shape index (κ3) is 3.02. The van der Waals surface area contributed by atoms with E-state index in [0.29, 0.717) is 18.8 Å². The molecule has 1 aromatic heterocycles. The van der Waals surface area contributed by atoms with Crippen molar-refractivity contribution in [1.82, 2.24) is 14.2 Å². The minimum atomic E-state index is -3.79. The number of carbonyl (C=O) groups excluding carboxylic acids is 1. The molecule has 1 aliphatic carbocycles. The average Bonchev–Trinajstić information content (AvgIpc) is 3.10. The largest absolute Gasteiger partial charge is 0.394 e. The van der Waals surface area contributed by atoms with Gasteiger partial charge in [-0.1, -0.05) is 6.92 Å². The van der Waals surface area contributed by atoms with Gasteiger partial charge in [0.25, 0.3) is 5.91 Å². The van der Waals surface area contributed by atoms with Gasteiger partial charge in [0, 0.05) is 27.3 Å². The lowest BCUT2D eigenvalue weighted by Gasteiger charge is -2.36. The molecule has 130 valence electrons. The molecule has 0 saturated heterocycles. The van der Waals surface area contributed by atoms with Crippen LogP contribution < -0.4 is 5.32 Å². The number of amides is 1. The number of rotatable bonds is 5. The monoisotopic (exact) mass is 343 g/mol. The van der Waals surface area contributed by atoms with E-state index in [-0.39, 0.29) is 23.1 Å². The Morgan fingerprint density at radius 1 is 1.57 bits per heavy atom. The van der Waals surface area contributed by atoms with Gasteiger partial charge in [0.05, 0.1) is 12.1 Å². The number of hydrogen-bond acceptors (Lipinski definition) is 4. The minimum Gasteiger partial charge on any atom is -0.394 e. The second-order valence-electron chi connectivity index (χ2n) is 6.45. The summed E-state index contributed by atoms with van der Waals surface area (Å²) in [7, 11) is 0.847. The number of aromatic nitrogens is 1. The van der Waals surface area contributed by atoms with Gasteiger partial charge in [-0.3, -0.25) is 4.79 Å². The van der Waals surface area contributed by atoms with Crippen LogP contribution >= 0.6 is 0 Å². The molecular weight excluding hydrogens is 318 g/mol. The summed E-state index contributed by atoms with van der Waals surface area (Å²) >= 11 is 0. The van der Waals surface area contributed by atoms with Gasteiger partial charge in [-0.2, -0.15) is 4.31 Å². The summed E-state index contributed by atoms with van der Waals surface area (Å²) in [5.74, 6) is 0.0277. The van der Waals surface area contributed by atoms with Crippen LogP contribution in [0, 0.1) is 5.92 Å². The van der Waals surface area contributed by atoms with E-state index in [4.69, 9.17) is 0 Å². The lowest BCUT2D eigenvalue weighted by Crippen LogP contribution is -2.50. The number of likely N-dealkylation sites (N-methyl/N-ethyl adjacent to an activating group) is 1. The predicted molar refractivity (Wildman–Crippen MR) is 86.6 cm³/mol. The normalized spacial score (nSPS) is 25.0. The summed E-state index contributed by atoms with van der Waals surface area (Å²) in [6.07, 6.45) is 3.59. The van der Waals surface area contributed by atoms with Crippen LogP contribution in [0.1, 0.15) is 36.7 Å². The minimum absolute atomic E-state index is 0.0634. The van der Waals surface area contributed by atoms with Gasteiger partial charge in [-0.05, 0) is 31.2 Å². The predicted octanol–water partition coefficient (Wildman–Crippen LogP) is 0.556. The summed E-state index contributed by atoms with van der Waals surface area (Å²) in [5.41, 5.74) is -0.487. The number of carbonyl (C=O) groups is 1. The highest BCUT2D eigenvalue weighted by molar-refractivity contribution is 7.89. The van der Waals surface area contributed by atoms with Crippen LogP contribution in [0.5, 0.6) is 0 Å². The van der Waals surface area contributed by atoms with E-state index < -0.39 is 15.6 Å². The Hall–Kier alpha value is -1.38. The van der Waals surface area contributed by atoms with Crippen molar-refractivity contribution in [3.8, 4) is 0 Å². The van der Waals surface area contributed by atoms with Gasteiger partial charge in [0.1, 0.15) is 10.6 Å². The lowest BCUT2D eigenvalue weighted by atomic mass is 9.98. The van der Waals surface area contributed by atoms with Crippen LogP contribution in [0.2, 0.25) is 0 Å². The molecule has 0 aromatic carbocycles. The molecule has 2 N–H and O–H groups in total. The van der Waals surface area contributed by atoms with E-state index >= 15 is 0 Å². The molecule has 0 aliphatic heterocycles. The van der Waals surface area contributed by atoms with Gasteiger partial charge < -0.3 is 15.0 Å². The first kappa shape index (κ1) is 18.0. The Kier molecular flexibility index (Phi) is 4.89. The maximum absolute atomic E-state index is 12.9. The van der Waals surface area contributed by atoms with Crippen LogP contribution in [0.3, 0.4) is 0 Å². The molecule has 2 atom stereocenters. The Labute approximate surface area is 137 Å². The molecule has 2 rings (SSSR count). The highest BCUT2D eigenvalue weighted by Gasteiger charge is 2.46. The summed E-state index contributed by atoms with van der Waals surface area (Å²) < 4.78 is 28.6. The molecule has 1 aliphatic rings. The fourth-order valence-electron chi connectivity index (χ4n) is 3.34. The molecule has 2 unspecified atom stereocenters. The first-order valence-corrected chi connectivity index (χ1v) is 9.10. The molecule has 1 amide bonds. The van der Waals surface area contributed by atoms with Gasteiger partial charge in [0.15, 0.2) is 0 Å². The smallest absolute Gasteiger partial charge is 0.267 e. The van der Waals surface area contributed by atoms with Crippen molar-refractivity contribution in [2.24, 2.45) is 13.0 Å². The highest BCUT2D eigenvalue weighted by atomic mass is 32.2. The van der Waals surface area contributed by atoms with Crippen molar-refractivity contribution in [3.05, 3.63) is 18.0 Å². The van der Waals surface area contributed by atoms with E-state index in [1.165, 1.54) is 35.2 Å². The molecule has 0 spiro atoms. The maximum atomic E-state index is 12.9. The number of hydrogen-bond donors (Lipinski definition) is 2. The van der Waals surface area contributed by atoms with Crippen LogP contribution in [-0.4, -0.2) is 54.5 Å². The van der Waals surface area contributed by atoms with Gasteiger partial charge in [-0.25, -0.2) is 8.42 Å². The van der Waals surface area contributed by atoms with Crippen LogP contribution in [0.15, 0.2) is 17.2 Å². The van der Waals surface area contributed by atoms with Crippen molar-refractivity contribution >= 4 is 15.9 Å².